The molecule has 0 aromatic carbocycles. The molecule has 5 heteroatoms. The summed E-state index contributed by atoms with van der Waals surface area (Å²) in [6.45, 7) is 7.98. The maximum Gasteiger partial charge on any atom is 0.326 e. The third kappa shape index (κ3) is 4.82. The first-order valence-corrected chi connectivity index (χ1v) is 7.01. The van der Waals surface area contributed by atoms with Crippen LogP contribution >= 0.6 is 0 Å². The summed E-state index contributed by atoms with van der Waals surface area (Å²) >= 11 is 0. The number of ether oxygens (including phenoxy) is 1. The van der Waals surface area contributed by atoms with Gasteiger partial charge in [-0.25, -0.2) is 4.79 Å². The van der Waals surface area contributed by atoms with E-state index in [1.54, 1.807) is 13.8 Å². The van der Waals surface area contributed by atoms with Crippen molar-refractivity contribution in [3.8, 4) is 0 Å². The molecule has 1 saturated carbocycles. The molecule has 110 valence electrons. The van der Waals surface area contributed by atoms with Gasteiger partial charge in [0.15, 0.2) is 0 Å². The Morgan fingerprint density at radius 1 is 1.26 bits per heavy atom. The molecule has 0 bridgehead atoms. The summed E-state index contributed by atoms with van der Waals surface area (Å²) < 4.78 is 5.52. The minimum absolute atomic E-state index is 0.0785. The molecule has 0 heterocycles. The van der Waals surface area contributed by atoms with Crippen LogP contribution in [0.5, 0.6) is 0 Å². The topological polar surface area (TPSA) is 66.8 Å². The second-order valence-corrected chi connectivity index (χ2v) is 5.69. The van der Waals surface area contributed by atoms with Crippen LogP contribution in [0, 0.1) is 5.92 Å². The van der Waals surface area contributed by atoms with Crippen molar-refractivity contribution in [2.24, 2.45) is 5.92 Å². The maximum absolute atomic E-state index is 12.3. The predicted octanol–water partition coefficient (Wildman–Crippen LogP) is 1.90. The van der Waals surface area contributed by atoms with Crippen molar-refractivity contribution in [3.05, 3.63) is 0 Å². The fourth-order valence-corrected chi connectivity index (χ4v) is 1.92. The lowest BCUT2D eigenvalue weighted by molar-refractivity contribution is -0.155. The van der Waals surface area contributed by atoms with Gasteiger partial charge in [-0.2, -0.15) is 0 Å². The van der Waals surface area contributed by atoms with E-state index >= 15 is 0 Å². The van der Waals surface area contributed by atoms with Gasteiger partial charge in [-0.1, -0.05) is 13.8 Å². The van der Waals surface area contributed by atoms with Crippen LogP contribution in [0.25, 0.3) is 0 Å². The fourth-order valence-electron chi connectivity index (χ4n) is 1.92. The average Bonchev–Trinajstić information content (AvgIpc) is 3.12. The van der Waals surface area contributed by atoms with Gasteiger partial charge in [0.2, 0.25) is 0 Å². The van der Waals surface area contributed by atoms with Crippen molar-refractivity contribution < 1.29 is 19.4 Å². The summed E-state index contributed by atoms with van der Waals surface area (Å²) in [5.41, 5.74) is 0. The molecular formula is C14H25NO4. The summed E-state index contributed by atoms with van der Waals surface area (Å²) in [6, 6.07) is -0.703. The lowest BCUT2D eigenvalue weighted by Gasteiger charge is -2.29. The second-order valence-electron chi connectivity index (χ2n) is 5.69. The molecule has 1 aliphatic carbocycles. The van der Waals surface area contributed by atoms with E-state index in [2.05, 4.69) is 13.8 Å². The number of amides is 1. The number of hydrogen-bond acceptors (Lipinski definition) is 3. The van der Waals surface area contributed by atoms with Gasteiger partial charge in [-0.3, -0.25) is 4.79 Å². The molecule has 0 spiro atoms. The van der Waals surface area contributed by atoms with Crippen LogP contribution in [0.15, 0.2) is 0 Å². The van der Waals surface area contributed by atoms with Crippen LogP contribution in [0.3, 0.4) is 0 Å². The van der Waals surface area contributed by atoms with Crippen LogP contribution in [-0.2, 0) is 14.3 Å². The number of carboxylic acids is 1. The van der Waals surface area contributed by atoms with Gasteiger partial charge in [0, 0.05) is 12.6 Å². The Labute approximate surface area is 114 Å². The normalized spacial score (nSPS) is 18.2. The minimum Gasteiger partial charge on any atom is -0.480 e. The van der Waals surface area contributed by atoms with E-state index in [0.29, 0.717) is 12.5 Å². The standard InChI is InChI=1S/C14H25NO4/c1-9(2)7-8-19-11(4)13(16)15(12-5-6-12)10(3)14(17)18/h9-12H,5-8H2,1-4H3,(H,17,18). The zero-order valence-corrected chi connectivity index (χ0v) is 12.3. The fraction of sp³-hybridized carbons (Fsp3) is 0.857. The molecule has 0 aromatic heterocycles. The maximum atomic E-state index is 12.3. The van der Waals surface area contributed by atoms with Crippen LogP contribution in [0.4, 0.5) is 0 Å². The summed E-state index contributed by atoms with van der Waals surface area (Å²) in [5, 5.41) is 9.07. The lowest BCUT2D eigenvalue weighted by atomic mass is 10.1. The van der Waals surface area contributed by atoms with E-state index in [-0.39, 0.29) is 11.9 Å². The van der Waals surface area contributed by atoms with Gasteiger partial charge in [0.25, 0.3) is 5.91 Å². The molecule has 0 saturated heterocycles. The molecule has 19 heavy (non-hydrogen) atoms. The van der Waals surface area contributed by atoms with E-state index in [4.69, 9.17) is 9.84 Å². The highest BCUT2D eigenvalue weighted by Crippen LogP contribution is 2.29. The number of carbonyl (C=O) groups is 2. The number of aliphatic carboxylic acids is 1. The minimum atomic E-state index is -0.963. The van der Waals surface area contributed by atoms with Gasteiger partial charge >= 0.3 is 5.97 Å². The zero-order valence-electron chi connectivity index (χ0n) is 12.3. The van der Waals surface area contributed by atoms with Crippen LogP contribution in [0.2, 0.25) is 0 Å². The molecular weight excluding hydrogens is 246 g/mol. The number of nitrogens with zero attached hydrogens (tertiary/aromatic N) is 1. The van der Waals surface area contributed by atoms with Gasteiger partial charge in [-0.05, 0) is 39.0 Å². The molecule has 5 nitrogen and oxygen atoms in total. The quantitative estimate of drug-likeness (QED) is 0.732. The Kier molecular flexibility index (Phi) is 5.79. The Balaban J connectivity index is 2.53. The third-order valence-corrected chi connectivity index (χ3v) is 3.38. The first-order valence-electron chi connectivity index (χ1n) is 7.01. The number of carboxylic acid groups (broad SMARTS) is 1. The van der Waals surface area contributed by atoms with Gasteiger partial charge < -0.3 is 14.7 Å². The first kappa shape index (κ1) is 16.0. The Morgan fingerprint density at radius 2 is 1.84 bits per heavy atom. The molecule has 1 rings (SSSR count). The van der Waals surface area contributed by atoms with Crippen LogP contribution in [-0.4, -0.2) is 46.7 Å². The highest BCUT2D eigenvalue weighted by Gasteiger charge is 2.40. The molecule has 0 aromatic rings. The SMILES string of the molecule is CC(C)CCOC(C)C(=O)N(C1CC1)C(C)C(=O)O. The van der Waals surface area contributed by atoms with Crippen LogP contribution < -0.4 is 0 Å². The highest BCUT2D eigenvalue weighted by atomic mass is 16.5. The molecule has 2 atom stereocenters. The monoisotopic (exact) mass is 271 g/mol. The zero-order chi connectivity index (χ0) is 14.6. The van der Waals surface area contributed by atoms with Crippen molar-refractivity contribution in [1.29, 1.82) is 0 Å². The smallest absolute Gasteiger partial charge is 0.326 e. The largest absolute Gasteiger partial charge is 0.480 e. The van der Waals surface area contributed by atoms with Gasteiger partial charge in [0.1, 0.15) is 12.1 Å². The molecule has 2 unspecified atom stereocenters. The van der Waals surface area contributed by atoms with E-state index in [9.17, 15) is 9.59 Å². The van der Waals surface area contributed by atoms with Crippen molar-refractivity contribution in [2.75, 3.05) is 6.61 Å². The molecule has 1 aliphatic rings. The van der Waals surface area contributed by atoms with Crippen molar-refractivity contribution >= 4 is 11.9 Å². The molecule has 1 amide bonds. The molecule has 1 fully saturated rings. The highest BCUT2D eigenvalue weighted by molar-refractivity contribution is 5.86. The number of hydrogen-bond donors (Lipinski definition) is 1. The predicted molar refractivity (Wildman–Crippen MR) is 71.8 cm³/mol. The summed E-state index contributed by atoms with van der Waals surface area (Å²) in [4.78, 5) is 24.8. The molecule has 0 radical (unpaired) electrons. The van der Waals surface area contributed by atoms with Gasteiger partial charge in [-0.15, -0.1) is 0 Å². The van der Waals surface area contributed by atoms with Crippen molar-refractivity contribution in [3.63, 3.8) is 0 Å². The van der Waals surface area contributed by atoms with E-state index in [1.165, 1.54) is 4.90 Å². The van der Waals surface area contributed by atoms with E-state index in [0.717, 1.165) is 19.3 Å². The number of carbonyl (C=O) groups excluding carboxylic acids is 1. The first-order chi connectivity index (χ1) is 8.84. The summed E-state index contributed by atoms with van der Waals surface area (Å²) in [5.74, 6) is -0.643. The van der Waals surface area contributed by atoms with Crippen LogP contribution in [0.1, 0.15) is 47.0 Å². The number of rotatable bonds is 8. The second kappa shape index (κ2) is 6.89. The van der Waals surface area contributed by atoms with Crippen molar-refractivity contribution in [1.82, 2.24) is 4.90 Å². The van der Waals surface area contributed by atoms with Gasteiger partial charge in [0.05, 0.1) is 0 Å². The Morgan fingerprint density at radius 3 is 2.26 bits per heavy atom. The van der Waals surface area contributed by atoms with E-state index < -0.39 is 18.1 Å². The van der Waals surface area contributed by atoms with E-state index in [1.807, 2.05) is 0 Å². The Hall–Kier alpha value is -1.10. The third-order valence-electron chi connectivity index (χ3n) is 3.38. The van der Waals surface area contributed by atoms with Crippen molar-refractivity contribution in [2.45, 2.75) is 65.1 Å². The summed E-state index contributed by atoms with van der Waals surface area (Å²) in [7, 11) is 0. The Bertz CT molecular complexity index is 325. The molecule has 0 aliphatic heterocycles. The molecule has 1 N–H and O–H groups in total. The lowest BCUT2D eigenvalue weighted by Crippen LogP contribution is -2.49. The average molecular weight is 271 g/mol. The summed E-state index contributed by atoms with van der Waals surface area (Å²) in [6.07, 6.45) is 2.11.